The lowest BCUT2D eigenvalue weighted by molar-refractivity contribution is -0.118. The molecule has 0 saturated heterocycles. The van der Waals surface area contributed by atoms with Crippen LogP contribution in [-0.2, 0) is 11.2 Å². The molecule has 88 valence electrons. The Bertz CT molecular complexity index is 295. The highest BCUT2D eigenvalue weighted by Gasteiger charge is 1.98. The monoisotopic (exact) mass is 236 g/mol. The SMILES string of the molecule is CCC(=O)CCCSCCc1ccccc1. The molecule has 0 atom stereocenters. The number of aryl methyl sites for hydroxylation is 1. The smallest absolute Gasteiger partial charge is 0.132 e. The van der Waals surface area contributed by atoms with E-state index in [1.165, 1.54) is 5.56 Å². The largest absolute Gasteiger partial charge is 0.300 e. The van der Waals surface area contributed by atoms with Crippen LogP contribution in [0.3, 0.4) is 0 Å². The highest BCUT2D eigenvalue weighted by molar-refractivity contribution is 7.99. The number of hydrogen-bond donors (Lipinski definition) is 0. The molecule has 0 fully saturated rings. The first-order chi connectivity index (χ1) is 7.83. The highest BCUT2D eigenvalue weighted by atomic mass is 32.2. The molecule has 0 spiro atoms. The lowest BCUT2D eigenvalue weighted by Gasteiger charge is -2.01. The average Bonchev–Trinajstić information content (AvgIpc) is 2.34. The fourth-order valence-electron chi connectivity index (χ4n) is 1.48. The normalized spacial score (nSPS) is 10.3. The number of carbonyl (C=O) groups is 1. The Morgan fingerprint density at radius 3 is 2.62 bits per heavy atom. The van der Waals surface area contributed by atoms with Crippen LogP contribution in [-0.4, -0.2) is 17.3 Å². The van der Waals surface area contributed by atoms with Crippen molar-refractivity contribution in [2.24, 2.45) is 0 Å². The Morgan fingerprint density at radius 2 is 1.94 bits per heavy atom. The van der Waals surface area contributed by atoms with Crippen molar-refractivity contribution in [1.82, 2.24) is 0 Å². The molecule has 1 rings (SSSR count). The molecule has 0 radical (unpaired) electrons. The van der Waals surface area contributed by atoms with Crippen LogP contribution in [0.5, 0.6) is 0 Å². The van der Waals surface area contributed by atoms with Gasteiger partial charge < -0.3 is 0 Å². The van der Waals surface area contributed by atoms with Gasteiger partial charge in [-0.25, -0.2) is 0 Å². The minimum absolute atomic E-state index is 0.392. The topological polar surface area (TPSA) is 17.1 Å². The molecule has 1 aromatic carbocycles. The van der Waals surface area contributed by atoms with E-state index >= 15 is 0 Å². The summed E-state index contributed by atoms with van der Waals surface area (Å²) in [5, 5.41) is 0. The van der Waals surface area contributed by atoms with Gasteiger partial charge >= 0.3 is 0 Å². The van der Waals surface area contributed by atoms with Gasteiger partial charge in [0.2, 0.25) is 0 Å². The van der Waals surface area contributed by atoms with Crippen LogP contribution >= 0.6 is 11.8 Å². The molecule has 0 aromatic heterocycles. The van der Waals surface area contributed by atoms with Crippen molar-refractivity contribution in [3.63, 3.8) is 0 Å². The van der Waals surface area contributed by atoms with Crippen molar-refractivity contribution < 1.29 is 4.79 Å². The quantitative estimate of drug-likeness (QED) is 0.640. The maximum Gasteiger partial charge on any atom is 0.132 e. The van der Waals surface area contributed by atoms with Gasteiger partial charge in [-0.2, -0.15) is 11.8 Å². The van der Waals surface area contributed by atoms with E-state index in [9.17, 15) is 4.79 Å². The predicted octanol–water partition coefficient (Wildman–Crippen LogP) is 3.72. The zero-order valence-corrected chi connectivity index (χ0v) is 10.8. The summed E-state index contributed by atoms with van der Waals surface area (Å²) in [6.07, 6.45) is 3.61. The van der Waals surface area contributed by atoms with E-state index in [1.54, 1.807) is 0 Å². The molecule has 0 saturated carbocycles. The van der Waals surface area contributed by atoms with Gasteiger partial charge in [-0.15, -0.1) is 0 Å². The molecule has 2 heteroatoms. The molecule has 0 aliphatic heterocycles. The van der Waals surface area contributed by atoms with Crippen LogP contribution in [0.1, 0.15) is 31.7 Å². The van der Waals surface area contributed by atoms with Crippen LogP contribution in [0.15, 0.2) is 30.3 Å². The van der Waals surface area contributed by atoms with Crippen LogP contribution < -0.4 is 0 Å². The maximum atomic E-state index is 11.1. The minimum Gasteiger partial charge on any atom is -0.300 e. The number of hydrogen-bond acceptors (Lipinski definition) is 2. The third-order valence-corrected chi connectivity index (χ3v) is 3.59. The van der Waals surface area contributed by atoms with E-state index in [1.807, 2.05) is 24.8 Å². The lowest BCUT2D eigenvalue weighted by atomic mass is 10.2. The van der Waals surface area contributed by atoms with Crippen LogP contribution in [0.2, 0.25) is 0 Å². The van der Waals surface area contributed by atoms with E-state index in [-0.39, 0.29) is 0 Å². The number of thioether (sulfide) groups is 1. The van der Waals surface area contributed by atoms with Gasteiger partial charge in [0, 0.05) is 12.8 Å². The van der Waals surface area contributed by atoms with Gasteiger partial charge in [0.1, 0.15) is 5.78 Å². The zero-order chi connectivity index (χ0) is 11.6. The summed E-state index contributed by atoms with van der Waals surface area (Å²) in [5.41, 5.74) is 1.40. The number of benzene rings is 1. The molecule has 16 heavy (non-hydrogen) atoms. The van der Waals surface area contributed by atoms with Crippen molar-refractivity contribution >= 4 is 17.5 Å². The van der Waals surface area contributed by atoms with Gasteiger partial charge in [0.25, 0.3) is 0 Å². The third kappa shape index (κ3) is 5.96. The number of Topliss-reactive ketones (excluding diaryl/α,β-unsaturated/α-hetero) is 1. The standard InChI is InChI=1S/C14H20OS/c1-2-14(15)9-6-11-16-12-10-13-7-4-3-5-8-13/h3-5,7-8H,2,6,9-12H2,1H3. The molecule has 0 amide bonds. The fraction of sp³-hybridized carbons (Fsp3) is 0.500. The Balaban J connectivity index is 1.98. The minimum atomic E-state index is 0.392. The number of ketones is 1. The van der Waals surface area contributed by atoms with Gasteiger partial charge in [0.05, 0.1) is 0 Å². The fourth-order valence-corrected chi connectivity index (χ4v) is 2.42. The van der Waals surface area contributed by atoms with Gasteiger partial charge in [0.15, 0.2) is 0 Å². The molecule has 0 heterocycles. The first kappa shape index (κ1) is 13.3. The van der Waals surface area contributed by atoms with Gasteiger partial charge in [-0.3, -0.25) is 4.79 Å². The Hall–Kier alpha value is -0.760. The second-order valence-corrected chi connectivity index (χ2v) is 5.07. The summed E-state index contributed by atoms with van der Waals surface area (Å²) >= 11 is 1.95. The molecule has 0 aliphatic carbocycles. The summed E-state index contributed by atoms with van der Waals surface area (Å²) in [4.78, 5) is 11.1. The van der Waals surface area contributed by atoms with Crippen molar-refractivity contribution in [2.45, 2.75) is 32.6 Å². The van der Waals surface area contributed by atoms with Crippen molar-refractivity contribution in [2.75, 3.05) is 11.5 Å². The molecule has 0 bridgehead atoms. The Kier molecular flexibility index (Phi) is 6.98. The van der Waals surface area contributed by atoms with Crippen LogP contribution in [0.25, 0.3) is 0 Å². The van der Waals surface area contributed by atoms with Gasteiger partial charge in [-0.05, 0) is 29.9 Å². The first-order valence-corrected chi connectivity index (χ1v) is 7.11. The van der Waals surface area contributed by atoms with Crippen molar-refractivity contribution in [1.29, 1.82) is 0 Å². The van der Waals surface area contributed by atoms with Crippen molar-refractivity contribution in [3.8, 4) is 0 Å². The van der Waals surface area contributed by atoms with Crippen LogP contribution in [0.4, 0.5) is 0 Å². The molecule has 0 aliphatic rings. The van der Waals surface area contributed by atoms with E-state index in [0.29, 0.717) is 12.2 Å². The summed E-state index contributed by atoms with van der Waals surface area (Å²) in [7, 11) is 0. The second kappa shape index (κ2) is 8.40. The molecule has 1 aromatic rings. The summed E-state index contributed by atoms with van der Waals surface area (Å²) < 4.78 is 0. The summed E-state index contributed by atoms with van der Waals surface area (Å²) in [5.74, 6) is 2.66. The predicted molar refractivity (Wildman–Crippen MR) is 72.0 cm³/mol. The maximum absolute atomic E-state index is 11.1. The highest BCUT2D eigenvalue weighted by Crippen LogP contribution is 2.09. The lowest BCUT2D eigenvalue weighted by Crippen LogP contribution is -1.96. The number of carbonyl (C=O) groups excluding carboxylic acids is 1. The Labute approximate surface area is 103 Å². The molecular formula is C14H20OS. The molecule has 0 N–H and O–H groups in total. The molecular weight excluding hydrogens is 216 g/mol. The van der Waals surface area contributed by atoms with E-state index in [4.69, 9.17) is 0 Å². The van der Waals surface area contributed by atoms with Gasteiger partial charge in [-0.1, -0.05) is 37.3 Å². The number of rotatable bonds is 8. The second-order valence-electron chi connectivity index (χ2n) is 3.84. The van der Waals surface area contributed by atoms with Crippen molar-refractivity contribution in [3.05, 3.63) is 35.9 Å². The average molecular weight is 236 g/mol. The van der Waals surface area contributed by atoms with E-state index in [2.05, 4.69) is 24.3 Å². The summed E-state index contributed by atoms with van der Waals surface area (Å²) in [6, 6.07) is 10.6. The zero-order valence-electron chi connectivity index (χ0n) is 9.95. The first-order valence-electron chi connectivity index (χ1n) is 5.96. The van der Waals surface area contributed by atoms with E-state index in [0.717, 1.165) is 30.8 Å². The third-order valence-electron chi connectivity index (χ3n) is 2.52. The van der Waals surface area contributed by atoms with E-state index < -0.39 is 0 Å². The summed E-state index contributed by atoms with van der Waals surface area (Å²) in [6.45, 7) is 1.94. The molecule has 0 unspecified atom stereocenters. The Morgan fingerprint density at radius 1 is 1.19 bits per heavy atom. The molecule has 1 nitrogen and oxygen atoms in total. The van der Waals surface area contributed by atoms with Crippen LogP contribution in [0, 0.1) is 0 Å².